The van der Waals surface area contributed by atoms with E-state index in [4.69, 9.17) is 15.2 Å². The fourth-order valence-electron chi connectivity index (χ4n) is 1.87. The quantitative estimate of drug-likeness (QED) is 0.907. The summed E-state index contributed by atoms with van der Waals surface area (Å²) in [5.74, 6) is 1.72. The largest absolute Gasteiger partial charge is 0.490 e. The summed E-state index contributed by atoms with van der Waals surface area (Å²) in [6.07, 6.45) is 0. The second-order valence-corrected chi connectivity index (χ2v) is 4.38. The van der Waals surface area contributed by atoms with Crippen molar-refractivity contribution in [2.75, 3.05) is 6.61 Å². The molecule has 0 unspecified atom stereocenters. The van der Waals surface area contributed by atoms with Crippen molar-refractivity contribution in [2.24, 2.45) is 5.73 Å². The van der Waals surface area contributed by atoms with Crippen molar-refractivity contribution in [3.05, 3.63) is 41.1 Å². The van der Waals surface area contributed by atoms with Gasteiger partial charge in [-0.1, -0.05) is 12.1 Å². The molecular weight excluding hydrogens is 254 g/mol. The molecule has 0 spiro atoms. The summed E-state index contributed by atoms with van der Waals surface area (Å²) in [5.41, 5.74) is 8.52. The van der Waals surface area contributed by atoms with E-state index < -0.39 is 0 Å². The highest BCUT2D eigenvalue weighted by molar-refractivity contribution is 5.44. The maximum Gasteiger partial charge on any atom is 0.243 e. The molecule has 0 bridgehead atoms. The number of ether oxygens (including phenoxy) is 2. The van der Waals surface area contributed by atoms with Gasteiger partial charge in [-0.15, -0.1) is 5.10 Å². The van der Waals surface area contributed by atoms with E-state index in [9.17, 15) is 0 Å². The molecule has 0 aliphatic heterocycles. The first kappa shape index (κ1) is 14.3. The molecule has 0 atom stereocenters. The lowest BCUT2D eigenvalue weighted by atomic mass is 10.1. The Morgan fingerprint density at radius 1 is 1.10 bits per heavy atom. The first-order valence-electron chi connectivity index (χ1n) is 6.59. The van der Waals surface area contributed by atoms with Crippen LogP contribution in [0, 0.1) is 13.8 Å². The predicted octanol–water partition coefficient (Wildman–Crippen LogP) is 2.74. The third-order valence-electron chi connectivity index (χ3n) is 3.10. The van der Waals surface area contributed by atoms with Crippen molar-refractivity contribution in [1.29, 1.82) is 0 Å². The van der Waals surface area contributed by atoms with Gasteiger partial charge in [-0.2, -0.15) is 5.10 Å². The lowest BCUT2D eigenvalue weighted by Gasteiger charge is -2.14. The maximum absolute atomic E-state index is 5.84. The van der Waals surface area contributed by atoms with Gasteiger partial charge >= 0.3 is 0 Å². The van der Waals surface area contributed by atoms with Crippen molar-refractivity contribution >= 4 is 0 Å². The topological polar surface area (TPSA) is 70.3 Å². The summed E-state index contributed by atoms with van der Waals surface area (Å²) in [6, 6.07) is 7.47. The molecule has 1 aromatic heterocycles. The molecule has 2 rings (SSSR count). The molecule has 1 heterocycles. The van der Waals surface area contributed by atoms with Crippen molar-refractivity contribution in [3.63, 3.8) is 0 Å². The number of nitrogens with zero attached hydrogens (tertiary/aromatic N) is 2. The number of aryl methyl sites for hydroxylation is 1. The lowest BCUT2D eigenvalue weighted by Crippen LogP contribution is -2.07. The molecule has 2 N–H and O–H groups in total. The highest BCUT2D eigenvalue weighted by Crippen LogP contribution is 2.32. The van der Waals surface area contributed by atoms with Gasteiger partial charge in [0.15, 0.2) is 11.5 Å². The Morgan fingerprint density at radius 3 is 2.45 bits per heavy atom. The molecule has 1 aromatic carbocycles. The Hall–Kier alpha value is -2.14. The van der Waals surface area contributed by atoms with Crippen LogP contribution in [0.3, 0.4) is 0 Å². The average molecular weight is 273 g/mol. The molecule has 0 radical (unpaired) electrons. The van der Waals surface area contributed by atoms with E-state index in [2.05, 4.69) is 10.2 Å². The molecule has 5 heteroatoms. The zero-order valence-electron chi connectivity index (χ0n) is 12.0. The van der Waals surface area contributed by atoms with Crippen molar-refractivity contribution in [1.82, 2.24) is 10.2 Å². The van der Waals surface area contributed by atoms with Crippen LogP contribution >= 0.6 is 0 Å². The summed E-state index contributed by atoms with van der Waals surface area (Å²) in [6.45, 7) is 6.72. The number of rotatable bonds is 5. The summed E-state index contributed by atoms with van der Waals surface area (Å²) in [7, 11) is 0. The van der Waals surface area contributed by atoms with Crippen LogP contribution in [0.5, 0.6) is 17.4 Å². The Labute approximate surface area is 118 Å². The van der Waals surface area contributed by atoms with Crippen LogP contribution in [0.2, 0.25) is 0 Å². The first-order valence-corrected chi connectivity index (χ1v) is 6.59. The Bertz CT molecular complexity index is 600. The van der Waals surface area contributed by atoms with E-state index in [0.29, 0.717) is 30.5 Å². The average Bonchev–Trinajstić information content (AvgIpc) is 2.45. The van der Waals surface area contributed by atoms with Gasteiger partial charge in [0, 0.05) is 12.1 Å². The van der Waals surface area contributed by atoms with Gasteiger partial charge in [0.25, 0.3) is 0 Å². The molecule has 106 valence electrons. The molecule has 5 nitrogen and oxygen atoms in total. The second-order valence-electron chi connectivity index (χ2n) is 4.38. The van der Waals surface area contributed by atoms with Gasteiger partial charge < -0.3 is 15.2 Å². The molecule has 0 saturated heterocycles. The van der Waals surface area contributed by atoms with Crippen molar-refractivity contribution in [3.8, 4) is 17.4 Å². The highest BCUT2D eigenvalue weighted by Gasteiger charge is 2.13. The van der Waals surface area contributed by atoms with Crippen LogP contribution in [-0.2, 0) is 6.54 Å². The Balaban J connectivity index is 2.38. The Kier molecular flexibility index (Phi) is 4.53. The number of hydrogen-bond acceptors (Lipinski definition) is 5. The minimum absolute atomic E-state index is 0.355. The van der Waals surface area contributed by atoms with Crippen molar-refractivity contribution < 1.29 is 9.47 Å². The summed E-state index contributed by atoms with van der Waals surface area (Å²) < 4.78 is 11.4. The van der Waals surface area contributed by atoms with E-state index in [-0.39, 0.29) is 0 Å². The number of para-hydroxylation sites is 2. The molecule has 0 fully saturated rings. The van der Waals surface area contributed by atoms with E-state index >= 15 is 0 Å². The van der Waals surface area contributed by atoms with Gasteiger partial charge in [0.1, 0.15) is 0 Å². The second kappa shape index (κ2) is 6.34. The van der Waals surface area contributed by atoms with E-state index in [1.807, 2.05) is 45.0 Å². The number of hydrogen-bond donors (Lipinski definition) is 1. The van der Waals surface area contributed by atoms with Crippen LogP contribution in [0.4, 0.5) is 0 Å². The molecule has 0 aliphatic rings. The molecule has 0 saturated carbocycles. The van der Waals surface area contributed by atoms with Gasteiger partial charge in [0.05, 0.1) is 12.3 Å². The highest BCUT2D eigenvalue weighted by atomic mass is 16.5. The molecular formula is C15H19N3O2. The molecule has 20 heavy (non-hydrogen) atoms. The smallest absolute Gasteiger partial charge is 0.243 e. The van der Waals surface area contributed by atoms with Gasteiger partial charge in [-0.25, -0.2) is 0 Å². The third-order valence-corrected chi connectivity index (χ3v) is 3.10. The van der Waals surface area contributed by atoms with Crippen LogP contribution in [0.1, 0.15) is 23.7 Å². The summed E-state index contributed by atoms with van der Waals surface area (Å²) >= 11 is 0. The number of aromatic nitrogens is 2. The fraction of sp³-hybridized carbons (Fsp3) is 0.333. The van der Waals surface area contributed by atoms with Gasteiger partial charge in [0.2, 0.25) is 5.88 Å². The first-order chi connectivity index (χ1) is 9.67. The van der Waals surface area contributed by atoms with E-state index in [1.54, 1.807) is 0 Å². The standard InChI is InChI=1S/C15H19N3O2/c1-4-19-13-7-5-6-8-14(13)20-15-12(9-16)10(2)11(3)17-18-15/h5-8H,4,9,16H2,1-3H3. The zero-order chi connectivity index (χ0) is 14.5. The lowest BCUT2D eigenvalue weighted by molar-refractivity contribution is 0.318. The maximum atomic E-state index is 5.84. The minimum atomic E-state index is 0.355. The summed E-state index contributed by atoms with van der Waals surface area (Å²) in [5, 5.41) is 8.19. The molecule has 2 aromatic rings. The third kappa shape index (κ3) is 2.88. The Morgan fingerprint density at radius 2 is 1.80 bits per heavy atom. The van der Waals surface area contributed by atoms with Gasteiger partial charge in [-0.05, 0) is 38.5 Å². The van der Waals surface area contributed by atoms with E-state index in [1.165, 1.54) is 0 Å². The predicted molar refractivity (Wildman–Crippen MR) is 77.1 cm³/mol. The molecule has 0 amide bonds. The SMILES string of the molecule is CCOc1ccccc1Oc1nnc(C)c(C)c1CN. The summed E-state index contributed by atoms with van der Waals surface area (Å²) in [4.78, 5) is 0. The van der Waals surface area contributed by atoms with Crippen molar-refractivity contribution in [2.45, 2.75) is 27.3 Å². The van der Waals surface area contributed by atoms with Crippen LogP contribution in [-0.4, -0.2) is 16.8 Å². The minimum Gasteiger partial charge on any atom is -0.490 e. The van der Waals surface area contributed by atoms with Crippen LogP contribution in [0.25, 0.3) is 0 Å². The normalized spacial score (nSPS) is 10.4. The fourth-order valence-corrected chi connectivity index (χ4v) is 1.87. The molecule has 0 aliphatic carbocycles. The van der Waals surface area contributed by atoms with E-state index in [0.717, 1.165) is 16.8 Å². The zero-order valence-corrected chi connectivity index (χ0v) is 12.0. The number of benzene rings is 1. The number of nitrogens with two attached hydrogens (primary N) is 1. The van der Waals surface area contributed by atoms with Crippen LogP contribution < -0.4 is 15.2 Å². The van der Waals surface area contributed by atoms with Gasteiger partial charge in [-0.3, -0.25) is 0 Å². The van der Waals surface area contributed by atoms with Crippen LogP contribution in [0.15, 0.2) is 24.3 Å². The monoisotopic (exact) mass is 273 g/mol.